The number of hydrogen-bond donors (Lipinski definition) is 0. The van der Waals surface area contributed by atoms with Gasteiger partial charge < -0.3 is 14.5 Å². The maximum Gasteiger partial charge on any atom is 0.338 e. The van der Waals surface area contributed by atoms with E-state index in [1.54, 1.807) is 17.0 Å². The Labute approximate surface area is 192 Å². The number of hydrogen-bond acceptors (Lipinski definition) is 6. The van der Waals surface area contributed by atoms with E-state index in [-0.39, 0.29) is 17.3 Å². The number of rotatable bonds is 4. The first-order valence-electron chi connectivity index (χ1n) is 11.6. The minimum Gasteiger partial charge on any atom is -0.457 e. The minimum absolute atomic E-state index is 0.0469. The van der Waals surface area contributed by atoms with E-state index >= 15 is 0 Å². The van der Waals surface area contributed by atoms with Crippen molar-refractivity contribution in [3.63, 3.8) is 0 Å². The highest BCUT2D eigenvalue weighted by Crippen LogP contribution is 2.43. The van der Waals surface area contributed by atoms with Crippen molar-refractivity contribution >= 4 is 23.1 Å². The van der Waals surface area contributed by atoms with Gasteiger partial charge >= 0.3 is 5.97 Å². The van der Waals surface area contributed by atoms with Crippen molar-refractivity contribution < 1.29 is 14.3 Å². The molecule has 8 nitrogen and oxygen atoms in total. The summed E-state index contributed by atoms with van der Waals surface area (Å²) in [4.78, 5) is 29.2. The first-order valence-corrected chi connectivity index (χ1v) is 11.6. The minimum atomic E-state index is -0.207. The Kier molecular flexibility index (Phi) is 4.72. The van der Waals surface area contributed by atoms with Crippen molar-refractivity contribution in [2.45, 2.75) is 39.2 Å². The molecule has 2 aromatic heterocycles. The summed E-state index contributed by atoms with van der Waals surface area (Å²) in [5.74, 6) is -0.0192. The summed E-state index contributed by atoms with van der Waals surface area (Å²) >= 11 is 0. The molecular weight excluding hydrogens is 418 g/mol. The van der Waals surface area contributed by atoms with Gasteiger partial charge in [-0.05, 0) is 74.0 Å². The number of likely N-dealkylation sites (tertiary alicyclic amines) is 1. The molecule has 6 rings (SSSR count). The van der Waals surface area contributed by atoms with Gasteiger partial charge in [0.2, 0.25) is 5.91 Å². The lowest BCUT2D eigenvalue weighted by molar-refractivity contribution is -0.118. The molecule has 0 aliphatic carbocycles. The Bertz CT molecular complexity index is 1260. The molecule has 3 aliphatic rings. The number of anilines is 1. The van der Waals surface area contributed by atoms with Crippen molar-refractivity contribution in [1.29, 1.82) is 0 Å². The normalized spacial score (nSPS) is 20.1. The molecule has 3 aromatic rings. The molecule has 5 heterocycles. The summed E-state index contributed by atoms with van der Waals surface area (Å²) in [5.41, 5.74) is 6.02. The van der Waals surface area contributed by atoms with Crippen molar-refractivity contribution in [3.8, 4) is 0 Å². The van der Waals surface area contributed by atoms with Crippen LogP contribution in [0.15, 0.2) is 36.7 Å². The summed E-state index contributed by atoms with van der Waals surface area (Å²) in [6, 6.07) is 7.82. The van der Waals surface area contributed by atoms with Gasteiger partial charge in [0, 0.05) is 31.3 Å². The van der Waals surface area contributed by atoms with Crippen LogP contribution in [-0.4, -0.2) is 57.8 Å². The van der Waals surface area contributed by atoms with Crippen molar-refractivity contribution in [1.82, 2.24) is 19.7 Å². The molecule has 170 valence electrons. The third-order valence-corrected chi connectivity index (χ3v) is 7.79. The lowest BCUT2D eigenvalue weighted by atomic mass is 9.77. The highest BCUT2D eigenvalue weighted by atomic mass is 16.5. The molecular formula is C25H27N5O3. The number of nitrogens with zero attached hydrogens (tertiary/aromatic N) is 5. The number of carbonyl (C=O) groups is 2. The summed E-state index contributed by atoms with van der Waals surface area (Å²) in [6.45, 7) is 6.24. The van der Waals surface area contributed by atoms with Crippen LogP contribution in [0.1, 0.15) is 46.3 Å². The van der Waals surface area contributed by atoms with E-state index in [2.05, 4.69) is 28.1 Å². The number of piperidine rings is 1. The van der Waals surface area contributed by atoms with Crippen LogP contribution in [0.2, 0.25) is 0 Å². The number of cyclic esters (lactones) is 1. The zero-order valence-electron chi connectivity index (χ0n) is 18.8. The summed E-state index contributed by atoms with van der Waals surface area (Å²) in [7, 11) is 0. The molecule has 1 aromatic carbocycles. The van der Waals surface area contributed by atoms with E-state index in [1.165, 1.54) is 11.1 Å². The quantitative estimate of drug-likeness (QED) is 0.575. The first-order chi connectivity index (χ1) is 16.0. The Morgan fingerprint density at radius 2 is 1.97 bits per heavy atom. The molecule has 8 heteroatoms. The second-order valence-corrected chi connectivity index (χ2v) is 9.63. The summed E-state index contributed by atoms with van der Waals surface area (Å²) in [5, 5.41) is 8.53. The molecule has 2 saturated heterocycles. The number of benzene rings is 1. The van der Waals surface area contributed by atoms with Crippen LogP contribution in [0, 0.1) is 12.3 Å². The smallest absolute Gasteiger partial charge is 0.338 e. The molecule has 0 bridgehead atoms. The molecule has 0 unspecified atom stereocenters. The largest absolute Gasteiger partial charge is 0.457 e. The fraction of sp³-hybridized carbons (Fsp3) is 0.440. The number of aromatic nitrogens is 3. The Morgan fingerprint density at radius 1 is 1.12 bits per heavy atom. The molecule has 0 atom stereocenters. The lowest BCUT2D eigenvalue weighted by Crippen LogP contribution is -2.42. The Balaban J connectivity index is 1.09. The van der Waals surface area contributed by atoms with Gasteiger partial charge in [0.15, 0.2) is 0 Å². The molecule has 1 spiro atoms. The highest BCUT2D eigenvalue weighted by molar-refractivity contribution is 6.00. The third-order valence-electron chi connectivity index (χ3n) is 7.79. The average Bonchev–Trinajstić information content (AvgIpc) is 3.50. The molecule has 0 saturated carbocycles. The van der Waals surface area contributed by atoms with Gasteiger partial charge in [-0.2, -0.15) is 10.2 Å². The van der Waals surface area contributed by atoms with Crippen LogP contribution in [0.4, 0.5) is 5.69 Å². The van der Waals surface area contributed by atoms with Crippen LogP contribution < -0.4 is 4.90 Å². The Morgan fingerprint density at radius 3 is 2.82 bits per heavy atom. The third kappa shape index (κ3) is 3.40. The van der Waals surface area contributed by atoms with Gasteiger partial charge in [0.1, 0.15) is 12.1 Å². The van der Waals surface area contributed by atoms with Crippen molar-refractivity contribution in [2.24, 2.45) is 5.41 Å². The number of carbonyl (C=O) groups excluding carboxylic acids is 2. The maximum absolute atomic E-state index is 13.0. The molecule has 2 fully saturated rings. The van der Waals surface area contributed by atoms with Gasteiger partial charge in [-0.25, -0.2) is 4.79 Å². The Hall–Kier alpha value is -3.26. The fourth-order valence-corrected chi connectivity index (χ4v) is 5.68. The predicted octanol–water partition coefficient (Wildman–Crippen LogP) is 2.77. The number of esters is 1. The van der Waals surface area contributed by atoms with Gasteiger partial charge in [-0.15, -0.1) is 4.63 Å². The molecule has 1 amide bonds. The molecule has 33 heavy (non-hydrogen) atoms. The van der Waals surface area contributed by atoms with E-state index < -0.39 is 0 Å². The zero-order chi connectivity index (χ0) is 22.6. The second kappa shape index (κ2) is 7.66. The molecule has 0 N–H and O–H groups in total. The molecule has 0 radical (unpaired) electrons. The SMILES string of the molecule is Cc1c(CCN2CCC3(CC2)CC(=O)N(c2cnn4ncccc24)C3)ccc2c1COC2=O. The average molecular weight is 446 g/mol. The van der Waals surface area contributed by atoms with E-state index in [0.717, 1.165) is 62.2 Å². The van der Waals surface area contributed by atoms with E-state index in [1.807, 2.05) is 23.1 Å². The van der Waals surface area contributed by atoms with Crippen LogP contribution in [-0.2, 0) is 22.6 Å². The van der Waals surface area contributed by atoms with Crippen LogP contribution in [0.5, 0.6) is 0 Å². The van der Waals surface area contributed by atoms with Gasteiger partial charge in [-0.3, -0.25) is 4.79 Å². The maximum atomic E-state index is 13.0. The monoisotopic (exact) mass is 445 g/mol. The summed E-state index contributed by atoms with van der Waals surface area (Å²) in [6.07, 6.45) is 7.07. The van der Waals surface area contributed by atoms with Crippen LogP contribution >= 0.6 is 0 Å². The van der Waals surface area contributed by atoms with Crippen molar-refractivity contribution in [3.05, 3.63) is 58.9 Å². The zero-order valence-corrected chi connectivity index (χ0v) is 18.8. The van der Waals surface area contributed by atoms with Crippen LogP contribution in [0.25, 0.3) is 5.52 Å². The van der Waals surface area contributed by atoms with Crippen LogP contribution in [0.3, 0.4) is 0 Å². The van der Waals surface area contributed by atoms with E-state index in [4.69, 9.17) is 4.74 Å². The van der Waals surface area contributed by atoms with Gasteiger partial charge in [-0.1, -0.05) is 6.07 Å². The number of amides is 1. The first kappa shape index (κ1) is 20.4. The second-order valence-electron chi connectivity index (χ2n) is 9.63. The topological polar surface area (TPSA) is 80.0 Å². The van der Waals surface area contributed by atoms with E-state index in [0.29, 0.717) is 18.6 Å². The highest BCUT2D eigenvalue weighted by Gasteiger charge is 2.45. The van der Waals surface area contributed by atoms with Crippen molar-refractivity contribution in [2.75, 3.05) is 31.1 Å². The number of fused-ring (bicyclic) bond motifs is 2. The van der Waals surface area contributed by atoms with E-state index in [9.17, 15) is 9.59 Å². The number of ether oxygens (including phenoxy) is 1. The van der Waals surface area contributed by atoms with Gasteiger partial charge in [0.05, 0.1) is 17.4 Å². The molecule has 3 aliphatic heterocycles. The predicted molar refractivity (Wildman–Crippen MR) is 122 cm³/mol. The lowest BCUT2D eigenvalue weighted by Gasteiger charge is -2.38. The fourth-order valence-electron chi connectivity index (χ4n) is 5.68. The van der Waals surface area contributed by atoms with Gasteiger partial charge in [0.25, 0.3) is 0 Å². The standard InChI is InChI=1S/C25H27N5O3/c1-17-18(4-5-19-20(17)15-33-24(19)32)6-10-28-11-7-25(8-12-28)13-23(31)29(16-25)22-14-27-30-21(22)3-2-9-26-30/h2-5,9,14H,6-8,10-13,15-16H2,1H3. The summed E-state index contributed by atoms with van der Waals surface area (Å²) < 4.78 is 6.77.